The molecule has 0 aliphatic heterocycles. The summed E-state index contributed by atoms with van der Waals surface area (Å²) < 4.78 is 38.8. The molecule has 0 spiro atoms. The van der Waals surface area contributed by atoms with Crippen LogP contribution >= 0.6 is 15.9 Å². The van der Waals surface area contributed by atoms with Crippen LogP contribution in [-0.4, -0.2) is 13.1 Å². The highest BCUT2D eigenvalue weighted by Crippen LogP contribution is 2.37. The predicted molar refractivity (Wildman–Crippen MR) is 70.1 cm³/mol. The molecule has 5 heteroatoms. The SMILES string of the molecule is CN(c1ccc(CBr)c(C(F)(F)F)c1)C1CCC1. The van der Waals surface area contributed by atoms with E-state index in [1.54, 1.807) is 12.1 Å². The fourth-order valence-corrected chi connectivity index (χ4v) is 2.64. The highest BCUT2D eigenvalue weighted by atomic mass is 79.9. The molecule has 0 atom stereocenters. The molecule has 2 rings (SSSR count). The van der Waals surface area contributed by atoms with Gasteiger partial charge in [0.1, 0.15) is 0 Å². The first-order valence-electron chi connectivity index (χ1n) is 5.92. The average molecular weight is 322 g/mol. The fraction of sp³-hybridized carbons (Fsp3) is 0.538. The third kappa shape index (κ3) is 2.66. The van der Waals surface area contributed by atoms with Crippen LogP contribution in [0.15, 0.2) is 18.2 Å². The monoisotopic (exact) mass is 321 g/mol. The first-order chi connectivity index (χ1) is 8.43. The van der Waals surface area contributed by atoms with Crippen molar-refractivity contribution in [2.45, 2.75) is 36.8 Å². The van der Waals surface area contributed by atoms with E-state index in [1.165, 1.54) is 12.5 Å². The molecule has 1 fully saturated rings. The lowest BCUT2D eigenvalue weighted by molar-refractivity contribution is -0.138. The Hall–Kier alpha value is -0.710. The van der Waals surface area contributed by atoms with Crippen molar-refractivity contribution in [2.24, 2.45) is 0 Å². The summed E-state index contributed by atoms with van der Waals surface area (Å²) in [5, 5.41) is 0.218. The zero-order valence-corrected chi connectivity index (χ0v) is 11.7. The first kappa shape index (κ1) is 13.7. The van der Waals surface area contributed by atoms with Crippen molar-refractivity contribution >= 4 is 21.6 Å². The topological polar surface area (TPSA) is 3.24 Å². The van der Waals surface area contributed by atoms with Gasteiger partial charge in [-0.05, 0) is 37.0 Å². The number of rotatable bonds is 3. The molecule has 0 amide bonds. The zero-order valence-electron chi connectivity index (χ0n) is 10.1. The maximum Gasteiger partial charge on any atom is 0.416 e. The number of nitrogens with zero attached hydrogens (tertiary/aromatic N) is 1. The Kier molecular flexibility index (Phi) is 3.90. The van der Waals surface area contributed by atoms with Gasteiger partial charge in [0.15, 0.2) is 0 Å². The average Bonchev–Trinajstić information content (AvgIpc) is 2.24. The molecule has 0 radical (unpaired) electrons. The van der Waals surface area contributed by atoms with E-state index in [2.05, 4.69) is 15.9 Å². The van der Waals surface area contributed by atoms with Crippen molar-refractivity contribution in [2.75, 3.05) is 11.9 Å². The lowest BCUT2D eigenvalue weighted by atomic mass is 9.91. The first-order valence-corrected chi connectivity index (χ1v) is 7.04. The summed E-state index contributed by atoms with van der Waals surface area (Å²) in [5.41, 5.74) is 0.396. The number of benzene rings is 1. The number of hydrogen-bond donors (Lipinski definition) is 0. The van der Waals surface area contributed by atoms with Gasteiger partial charge < -0.3 is 4.90 Å². The molecule has 18 heavy (non-hydrogen) atoms. The van der Waals surface area contributed by atoms with E-state index in [4.69, 9.17) is 0 Å². The van der Waals surface area contributed by atoms with Crippen molar-refractivity contribution < 1.29 is 13.2 Å². The van der Waals surface area contributed by atoms with E-state index in [9.17, 15) is 13.2 Å². The lowest BCUT2D eigenvalue weighted by Gasteiger charge is -2.36. The summed E-state index contributed by atoms with van der Waals surface area (Å²) >= 11 is 3.10. The van der Waals surface area contributed by atoms with Crippen molar-refractivity contribution in [1.29, 1.82) is 0 Å². The summed E-state index contributed by atoms with van der Waals surface area (Å²) in [6.07, 6.45) is -0.990. The van der Waals surface area contributed by atoms with Gasteiger partial charge in [0.05, 0.1) is 5.56 Å². The molecule has 0 N–H and O–H groups in total. The molecule has 1 aliphatic rings. The third-order valence-electron chi connectivity index (χ3n) is 3.57. The molecule has 100 valence electrons. The molecule has 1 aliphatic carbocycles. The van der Waals surface area contributed by atoms with E-state index in [-0.39, 0.29) is 10.9 Å². The second-order valence-corrected chi connectivity index (χ2v) is 5.23. The van der Waals surface area contributed by atoms with Crippen LogP contribution in [0.3, 0.4) is 0 Å². The van der Waals surface area contributed by atoms with E-state index >= 15 is 0 Å². The number of alkyl halides is 4. The van der Waals surface area contributed by atoms with Gasteiger partial charge >= 0.3 is 6.18 Å². The van der Waals surface area contributed by atoms with Gasteiger partial charge in [-0.25, -0.2) is 0 Å². The molecule has 0 heterocycles. The van der Waals surface area contributed by atoms with Crippen LogP contribution in [-0.2, 0) is 11.5 Å². The van der Waals surface area contributed by atoms with Gasteiger partial charge in [0, 0.05) is 24.1 Å². The Morgan fingerprint density at radius 1 is 1.33 bits per heavy atom. The van der Waals surface area contributed by atoms with Crippen molar-refractivity contribution in [3.8, 4) is 0 Å². The van der Waals surface area contributed by atoms with Crippen LogP contribution in [0.2, 0.25) is 0 Å². The van der Waals surface area contributed by atoms with E-state index in [0.717, 1.165) is 12.8 Å². The lowest BCUT2D eigenvalue weighted by Crippen LogP contribution is -2.37. The molecule has 0 saturated heterocycles. The quantitative estimate of drug-likeness (QED) is 0.736. The number of anilines is 1. The minimum Gasteiger partial charge on any atom is -0.372 e. The van der Waals surface area contributed by atoms with Crippen LogP contribution in [0.4, 0.5) is 18.9 Å². The molecular formula is C13H15BrF3N. The summed E-state index contributed by atoms with van der Waals surface area (Å²) in [6.45, 7) is 0. The predicted octanol–water partition coefficient (Wildman–Crippen LogP) is 4.59. The van der Waals surface area contributed by atoms with Gasteiger partial charge in [-0.3, -0.25) is 0 Å². The van der Waals surface area contributed by atoms with Crippen LogP contribution < -0.4 is 4.90 Å². The van der Waals surface area contributed by atoms with Crippen molar-refractivity contribution in [3.63, 3.8) is 0 Å². The van der Waals surface area contributed by atoms with Crippen LogP contribution in [0.1, 0.15) is 30.4 Å². The molecular weight excluding hydrogens is 307 g/mol. The second kappa shape index (κ2) is 5.11. The van der Waals surface area contributed by atoms with Gasteiger partial charge in [0.25, 0.3) is 0 Å². The van der Waals surface area contributed by atoms with E-state index < -0.39 is 11.7 Å². The summed E-state index contributed by atoms with van der Waals surface area (Å²) in [4.78, 5) is 1.96. The summed E-state index contributed by atoms with van der Waals surface area (Å²) in [5.74, 6) is 0. The Bertz CT molecular complexity index is 427. The normalized spacial score (nSPS) is 16.5. The number of hydrogen-bond acceptors (Lipinski definition) is 1. The molecule has 1 aromatic carbocycles. The Balaban J connectivity index is 2.33. The minimum absolute atomic E-state index is 0.218. The van der Waals surface area contributed by atoms with E-state index in [1.807, 2.05) is 11.9 Å². The van der Waals surface area contributed by atoms with Crippen LogP contribution in [0.25, 0.3) is 0 Å². The third-order valence-corrected chi connectivity index (χ3v) is 4.18. The zero-order chi connectivity index (χ0) is 13.3. The van der Waals surface area contributed by atoms with Gasteiger partial charge in [-0.1, -0.05) is 22.0 Å². The van der Waals surface area contributed by atoms with E-state index in [0.29, 0.717) is 11.7 Å². The highest BCUT2D eigenvalue weighted by Gasteiger charge is 2.34. The molecule has 1 saturated carbocycles. The second-order valence-electron chi connectivity index (χ2n) is 4.67. The minimum atomic E-state index is -4.29. The van der Waals surface area contributed by atoms with Gasteiger partial charge in [0.2, 0.25) is 0 Å². The van der Waals surface area contributed by atoms with Gasteiger partial charge in [-0.15, -0.1) is 0 Å². The van der Waals surface area contributed by atoms with Crippen molar-refractivity contribution in [1.82, 2.24) is 0 Å². The van der Waals surface area contributed by atoms with Crippen molar-refractivity contribution in [3.05, 3.63) is 29.3 Å². The Morgan fingerprint density at radius 3 is 2.44 bits per heavy atom. The highest BCUT2D eigenvalue weighted by molar-refractivity contribution is 9.08. The Morgan fingerprint density at radius 2 is 2.00 bits per heavy atom. The summed E-state index contributed by atoms with van der Waals surface area (Å²) in [6, 6.07) is 4.97. The number of halogens is 4. The molecule has 0 unspecified atom stereocenters. The molecule has 1 aromatic rings. The fourth-order valence-electron chi connectivity index (χ4n) is 2.15. The maximum absolute atomic E-state index is 12.9. The van der Waals surface area contributed by atoms with Gasteiger partial charge in [-0.2, -0.15) is 13.2 Å². The largest absolute Gasteiger partial charge is 0.416 e. The smallest absolute Gasteiger partial charge is 0.372 e. The Labute approximate surface area is 113 Å². The summed E-state index contributed by atoms with van der Waals surface area (Å²) in [7, 11) is 1.87. The van der Waals surface area contributed by atoms with Crippen LogP contribution in [0.5, 0.6) is 0 Å². The van der Waals surface area contributed by atoms with Crippen LogP contribution in [0, 0.1) is 0 Å². The molecule has 1 nitrogen and oxygen atoms in total. The standard InChI is InChI=1S/C13H15BrF3N/c1-18(10-3-2-4-10)11-6-5-9(8-14)12(7-11)13(15,16)17/h5-7,10H,2-4,8H2,1H3. The maximum atomic E-state index is 12.9. The molecule has 0 bridgehead atoms. The molecule has 0 aromatic heterocycles.